The molecule has 0 saturated carbocycles. The molecule has 3 aromatic rings. The third-order valence-corrected chi connectivity index (χ3v) is 4.29. The van der Waals surface area contributed by atoms with Gasteiger partial charge in [-0.1, -0.05) is 72.8 Å². The highest BCUT2D eigenvalue weighted by atomic mass is 14.9. The third-order valence-electron chi connectivity index (χ3n) is 4.29. The lowest BCUT2D eigenvalue weighted by Crippen LogP contribution is -2.37. The molecule has 3 aromatic carbocycles. The molecule has 0 saturated heterocycles. The summed E-state index contributed by atoms with van der Waals surface area (Å²) in [7, 11) is 0. The van der Waals surface area contributed by atoms with Crippen LogP contribution in [0.5, 0.6) is 0 Å². The molecule has 22 heavy (non-hydrogen) atoms. The molecular formula is C21H23N. The predicted octanol–water partition coefficient (Wildman–Crippen LogP) is 4.91. The van der Waals surface area contributed by atoms with E-state index < -0.39 is 0 Å². The molecule has 0 amide bonds. The van der Waals surface area contributed by atoms with Gasteiger partial charge in [0.1, 0.15) is 0 Å². The molecule has 112 valence electrons. The van der Waals surface area contributed by atoms with Crippen molar-refractivity contribution in [3.8, 4) is 0 Å². The zero-order chi connectivity index (χ0) is 15.4. The Balaban J connectivity index is 1.64. The van der Waals surface area contributed by atoms with Gasteiger partial charge in [-0.2, -0.15) is 0 Å². The molecule has 0 aliphatic rings. The highest BCUT2D eigenvalue weighted by Crippen LogP contribution is 2.20. The van der Waals surface area contributed by atoms with Crippen molar-refractivity contribution in [3.05, 3.63) is 83.9 Å². The van der Waals surface area contributed by atoms with Gasteiger partial charge in [0.25, 0.3) is 0 Å². The first-order valence-corrected chi connectivity index (χ1v) is 7.93. The molecule has 0 bridgehead atoms. The molecule has 0 heterocycles. The fourth-order valence-corrected chi connectivity index (χ4v) is 2.87. The SMILES string of the molecule is CC(C)(NCCc1ccc2ccccc2c1)c1ccccc1. The highest BCUT2D eigenvalue weighted by molar-refractivity contribution is 5.82. The molecule has 0 radical (unpaired) electrons. The summed E-state index contributed by atoms with van der Waals surface area (Å²) in [6, 6.07) is 25.9. The molecule has 0 aliphatic heterocycles. The summed E-state index contributed by atoms with van der Waals surface area (Å²) in [5.41, 5.74) is 2.71. The zero-order valence-electron chi connectivity index (χ0n) is 13.3. The van der Waals surface area contributed by atoms with Gasteiger partial charge in [-0.25, -0.2) is 0 Å². The molecule has 0 unspecified atom stereocenters. The Kier molecular flexibility index (Phi) is 4.26. The van der Waals surface area contributed by atoms with Crippen LogP contribution in [0.3, 0.4) is 0 Å². The van der Waals surface area contributed by atoms with Crippen LogP contribution in [0.2, 0.25) is 0 Å². The van der Waals surface area contributed by atoms with Gasteiger partial charge in [-0.05, 0) is 48.7 Å². The standard InChI is InChI=1S/C21H23N/c1-21(2,20-10-4-3-5-11-20)22-15-14-17-12-13-18-8-6-7-9-19(18)16-17/h3-13,16,22H,14-15H2,1-2H3. The third kappa shape index (κ3) is 3.37. The summed E-state index contributed by atoms with van der Waals surface area (Å²) < 4.78 is 0. The second-order valence-electron chi connectivity index (χ2n) is 6.35. The van der Waals surface area contributed by atoms with E-state index in [1.54, 1.807) is 0 Å². The molecule has 3 rings (SSSR count). The normalized spacial score (nSPS) is 11.7. The maximum Gasteiger partial charge on any atom is 0.0377 e. The first-order valence-electron chi connectivity index (χ1n) is 7.93. The fourth-order valence-electron chi connectivity index (χ4n) is 2.87. The van der Waals surface area contributed by atoms with Crippen LogP contribution in [0, 0.1) is 0 Å². The maximum atomic E-state index is 3.67. The van der Waals surface area contributed by atoms with Gasteiger partial charge < -0.3 is 5.32 Å². The number of hydrogen-bond acceptors (Lipinski definition) is 1. The van der Waals surface area contributed by atoms with Gasteiger partial charge in [0.2, 0.25) is 0 Å². The molecule has 0 aliphatic carbocycles. The van der Waals surface area contributed by atoms with Gasteiger partial charge in [0, 0.05) is 5.54 Å². The van der Waals surface area contributed by atoms with Crippen molar-refractivity contribution in [2.45, 2.75) is 25.8 Å². The van der Waals surface area contributed by atoms with Crippen LogP contribution in [0.4, 0.5) is 0 Å². The summed E-state index contributed by atoms with van der Waals surface area (Å²) in [5.74, 6) is 0. The monoisotopic (exact) mass is 289 g/mol. The number of nitrogens with one attached hydrogen (secondary N) is 1. The van der Waals surface area contributed by atoms with Crippen molar-refractivity contribution in [1.29, 1.82) is 0 Å². The average molecular weight is 289 g/mol. The van der Waals surface area contributed by atoms with Crippen molar-refractivity contribution in [1.82, 2.24) is 5.32 Å². The molecule has 0 aromatic heterocycles. The van der Waals surface area contributed by atoms with E-state index in [1.807, 2.05) is 0 Å². The van der Waals surface area contributed by atoms with E-state index in [2.05, 4.69) is 92.0 Å². The van der Waals surface area contributed by atoms with Gasteiger partial charge in [0.15, 0.2) is 0 Å². The largest absolute Gasteiger partial charge is 0.307 e. The smallest absolute Gasteiger partial charge is 0.0377 e. The Bertz CT molecular complexity index is 744. The number of benzene rings is 3. The van der Waals surface area contributed by atoms with Crippen LogP contribution < -0.4 is 5.32 Å². The Labute approximate surface area is 133 Å². The maximum absolute atomic E-state index is 3.67. The molecule has 0 spiro atoms. The van der Waals surface area contributed by atoms with Crippen LogP contribution in [0.15, 0.2) is 72.8 Å². The minimum Gasteiger partial charge on any atom is -0.307 e. The van der Waals surface area contributed by atoms with Gasteiger partial charge in [-0.3, -0.25) is 0 Å². The number of hydrogen-bond donors (Lipinski definition) is 1. The van der Waals surface area contributed by atoms with Crippen LogP contribution in [0.25, 0.3) is 10.8 Å². The molecule has 1 heteroatoms. The number of fused-ring (bicyclic) bond motifs is 1. The lowest BCUT2D eigenvalue weighted by atomic mass is 9.94. The van der Waals surface area contributed by atoms with E-state index >= 15 is 0 Å². The Morgan fingerprint density at radius 3 is 2.23 bits per heavy atom. The molecule has 1 nitrogen and oxygen atoms in total. The van der Waals surface area contributed by atoms with Crippen LogP contribution in [0.1, 0.15) is 25.0 Å². The van der Waals surface area contributed by atoms with E-state index in [4.69, 9.17) is 0 Å². The zero-order valence-corrected chi connectivity index (χ0v) is 13.3. The fraction of sp³-hybridized carbons (Fsp3) is 0.238. The summed E-state index contributed by atoms with van der Waals surface area (Å²) in [6.45, 7) is 5.45. The summed E-state index contributed by atoms with van der Waals surface area (Å²) in [4.78, 5) is 0. The molecular weight excluding hydrogens is 266 g/mol. The quantitative estimate of drug-likeness (QED) is 0.704. The van der Waals surface area contributed by atoms with Crippen molar-refractivity contribution in [2.24, 2.45) is 0 Å². The lowest BCUT2D eigenvalue weighted by Gasteiger charge is -2.27. The van der Waals surface area contributed by atoms with Crippen molar-refractivity contribution < 1.29 is 0 Å². The number of rotatable bonds is 5. The van der Waals surface area contributed by atoms with Gasteiger partial charge in [-0.15, -0.1) is 0 Å². The Morgan fingerprint density at radius 1 is 0.773 bits per heavy atom. The summed E-state index contributed by atoms with van der Waals surface area (Å²) >= 11 is 0. The van der Waals surface area contributed by atoms with Crippen LogP contribution >= 0.6 is 0 Å². The van der Waals surface area contributed by atoms with E-state index in [9.17, 15) is 0 Å². The van der Waals surface area contributed by atoms with Crippen molar-refractivity contribution >= 4 is 10.8 Å². The van der Waals surface area contributed by atoms with Crippen LogP contribution in [-0.2, 0) is 12.0 Å². The summed E-state index contributed by atoms with van der Waals surface area (Å²) in [5, 5.41) is 6.30. The van der Waals surface area contributed by atoms with E-state index in [-0.39, 0.29) is 5.54 Å². The summed E-state index contributed by atoms with van der Waals surface area (Å²) in [6.07, 6.45) is 1.04. The molecule has 0 fully saturated rings. The molecule has 0 atom stereocenters. The first kappa shape index (κ1) is 14.8. The minimum atomic E-state index is -0.00188. The van der Waals surface area contributed by atoms with Crippen molar-refractivity contribution in [3.63, 3.8) is 0 Å². The first-order chi connectivity index (χ1) is 10.6. The minimum absolute atomic E-state index is 0.00188. The van der Waals surface area contributed by atoms with E-state index in [0.29, 0.717) is 0 Å². The van der Waals surface area contributed by atoms with E-state index in [1.165, 1.54) is 21.9 Å². The van der Waals surface area contributed by atoms with Gasteiger partial charge >= 0.3 is 0 Å². The Morgan fingerprint density at radius 2 is 1.45 bits per heavy atom. The van der Waals surface area contributed by atoms with E-state index in [0.717, 1.165) is 13.0 Å². The lowest BCUT2D eigenvalue weighted by molar-refractivity contribution is 0.407. The second kappa shape index (κ2) is 6.33. The average Bonchev–Trinajstić information content (AvgIpc) is 2.55. The van der Waals surface area contributed by atoms with Gasteiger partial charge in [0.05, 0.1) is 0 Å². The van der Waals surface area contributed by atoms with Crippen LogP contribution in [-0.4, -0.2) is 6.54 Å². The molecule has 1 N–H and O–H groups in total. The topological polar surface area (TPSA) is 12.0 Å². The predicted molar refractivity (Wildman–Crippen MR) is 95.1 cm³/mol. The second-order valence-corrected chi connectivity index (χ2v) is 6.35. The highest BCUT2D eigenvalue weighted by Gasteiger charge is 2.18. The van der Waals surface area contributed by atoms with Crippen molar-refractivity contribution in [2.75, 3.05) is 6.54 Å². The Hall–Kier alpha value is -2.12.